The number of carbonyl (C=O) groups excluding carboxylic acids is 1. The lowest BCUT2D eigenvalue weighted by Crippen LogP contribution is -2.08. The van der Waals surface area contributed by atoms with Crippen molar-refractivity contribution in [3.05, 3.63) is 64.2 Å². The summed E-state index contributed by atoms with van der Waals surface area (Å²) in [5.41, 5.74) is 2.58. The molecule has 0 saturated heterocycles. The van der Waals surface area contributed by atoms with Gasteiger partial charge >= 0.3 is 5.97 Å². The van der Waals surface area contributed by atoms with Gasteiger partial charge in [0.25, 0.3) is 0 Å². The summed E-state index contributed by atoms with van der Waals surface area (Å²) in [6, 6.07) is 12.4. The molecule has 0 aliphatic rings. The Morgan fingerprint density at radius 2 is 1.72 bits per heavy atom. The normalized spacial score (nSPS) is 10.2. The fraction of sp³-hybridized carbons (Fsp3) is 0.133. The van der Waals surface area contributed by atoms with E-state index in [0.29, 0.717) is 16.3 Å². The topological polar surface area (TPSA) is 26.3 Å². The molecule has 92 valence electrons. The molecule has 3 heteroatoms. The molecule has 2 nitrogen and oxygen atoms in total. The Bertz CT molecular complexity index is 574. The zero-order valence-electron chi connectivity index (χ0n) is 10.2. The number of hydrogen-bond acceptors (Lipinski definition) is 2. The van der Waals surface area contributed by atoms with E-state index < -0.39 is 0 Å². The molecule has 0 unspecified atom stereocenters. The first-order chi connectivity index (χ1) is 8.56. The Morgan fingerprint density at radius 3 is 2.33 bits per heavy atom. The highest BCUT2D eigenvalue weighted by Gasteiger charge is 2.08. The summed E-state index contributed by atoms with van der Waals surface area (Å²) in [6.45, 7) is 3.86. The first kappa shape index (κ1) is 12.7. The Morgan fingerprint density at radius 1 is 1.06 bits per heavy atom. The second-order valence-corrected chi connectivity index (χ2v) is 4.57. The minimum absolute atomic E-state index is 0.380. The molecule has 0 aromatic heterocycles. The molecule has 0 N–H and O–H groups in total. The number of rotatable bonds is 2. The van der Waals surface area contributed by atoms with Gasteiger partial charge in [0.1, 0.15) is 5.75 Å². The van der Waals surface area contributed by atoms with Crippen molar-refractivity contribution in [3.8, 4) is 5.75 Å². The summed E-state index contributed by atoms with van der Waals surface area (Å²) >= 11 is 5.97. The highest BCUT2D eigenvalue weighted by atomic mass is 35.5. The Hall–Kier alpha value is -1.80. The zero-order valence-corrected chi connectivity index (χ0v) is 11.0. The average Bonchev–Trinajstić information content (AvgIpc) is 2.34. The lowest BCUT2D eigenvalue weighted by molar-refractivity contribution is 0.0735. The van der Waals surface area contributed by atoms with Crippen LogP contribution in [0.15, 0.2) is 42.5 Å². The third-order valence-corrected chi connectivity index (χ3v) is 3.05. The molecule has 0 heterocycles. The van der Waals surface area contributed by atoms with Crippen LogP contribution in [0.1, 0.15) is 21.5 Å². The Kier molecular flexibility index (Phi) is 3.68. The Labute approximate surface area is 111 Å². The molecular weight excluding hydrogens is 248 g/mol. The quantitative estimate of drug-likeness (QED) is 0.598. The summed E-state index contributed by atoms with van der Waals surface area (Å²) in [5.74, 6) is 0.0751. The smallest absolute Gasteiger partial charge is 0.343 e. The van der Waals surface area contributed by atoms with Crippen LogP contribution in [0.2, 0.25) is 5.02 Å². The van der Waals surface area contributed by atoms with Crippen LogP contribution in [0.25, 0.3) is 0 Å². The van der Waals surface area contributed by atoms with Crippen molar-refractivity contribution in [2.24, 2.45) is 0 Å². The fourth-order valence-corrected chi connectivity index (χ4v) is 1.66. The molecule has 0 spiro atoms. The van der Waals surface area contributed by atoms with Gasteiger partial charge in [-0.15, -0.1) is 0 Å². The van der Waals surface area contributed by atoms with E-state index >= 15 is 0 Å². The summed E-state index contributed by atoms with van der Waals surface area (Å²) in [6.07, 6.45) is 0. The number of hydrogen-bond donors (Lipinski definition) is 0. The summed E-state index contributed by atoms with van der Waals surface area (Å²) in [5, 5.41) is 0.587. The van der Waals surface area contributed by atoms with Crippen molar-refractivity contribution >= 4 is 17.6 Å². The van der Waals surface area contributed by atoms with Crippen molar-refractivity contribution in [2.45, 2.75) is 13.8 Å². The van der Waals surface area contributed by atoms with E-state index in [4.69, 9.17) is 16.3 Å². The van der Waals surface area contributed by atoms with E-state index in [1.54, 1.807) is 24.3 Å². The van der Waals surface area contributed by atoms with Crippen LogP contribution in [0.4, 0.5) is 0 Å². The predicted molar refractivity (Wildman–Crippen MR) is 72.3 cm³/mol. The molecule has 0 fully saturated rings. The van der Waals surface area contributed by atoms with Gasteiger partial charge < -0.3 is 4.74 Å². The van der Waals surface area contributed by atoms with Gasteiger partial charge in [-0.05, 0) is 43.7 Å². The Balaban J connectivity index is 2.16. The molecule has 2 aromatic rings. The summed E-state index contributed by atoms with van der Waals surface area (Å²) in [7, 11) is 0. The van der Waals surface area contributed by atoms with Gasteiger partial charge in [0, 0.05) is 5.02 Å². The van der Waals surface area contributed by atoms with Gasteiger partial charge in [-0.2, -0.15) is 0 Å². The number of carbonyl (C=O) groups is 1. The van der Waals surface area contributed by atoms with Gasteiger partial charge in [-0.3, -0.25) is 0 Å². The van der Waals surface area contributed by atoms with Gasteiger partial charge in [-0.1, -0.05) is 35.4 Å². The number of aryl methyl sites for hydroxylation is 2. The van der Waals surface area contributed by atoms with E-state index in [-0.39, 0.29) is 5.97 Å². The summed E-state index contributed by atoms with van der Waals surface area (Å²) in [4.78, 5) is 11.9. The van der Waals surface area contributed by atoms with Crippen molar-refractivity contribution in [1.82, 2.24) is 0 Å². The first-order valence-corrected chi connectivity index (χ1v) is 5.99. The van der Waals surface area contributed by atoms with Crippen LogP contribution in [-0.2, 0) is 0 Å². The van der Waals surface area contributed by atoms with Crippen LogP contribution < -0.4 is 4.74 Å². The van der Waals surface area contributed by atoms with E-state index in [1.807, 2.05) is 32.0 Å². The lowest BCUT2D eigenvalue weighted by atomic mass is 10.1. The largest absolute Gasteiger partial charge is 0.423 e. The minimum atomic E-state index is -0.380. The maximum Gasteiger partial charge on any atom is 0.343 e. The molecule has 0 aliphatic heterocycles. The average molecular weight is 261 g/mol. The molecule has 0 saturated carbocycles. The lowest BCUT2D eigenvalue weighted by Gasteiger charge is -2.06. The van der Waals surface area contributed by atoms with Crippen molar-refractivity contribution in [2.75, 3.05) is 0 Å². The predicted octanol–water partition coefficient (Wildman–Crippen LogP) is 4.18. The summed E-state index contributed by atoms with van der Waals surface area (Å²) < 4.78 is 5.25. The van der Waals surface area contributed by atoms with E-state index in [9.17, 15) is 4.79 Å². The zero-order chi connectivity index (χ0) is 13.1. The van der Waals surface area contributed by atoms with Crippen molar-refractivity contribution in [1.29, 1.82) is 0 Å². The van der Waals surface area contributed by atoms with Crippen LogP contribution in [0, 0.1) is 13.8 Å². The number of ether oxygens (including phenoxy) is 1. The van der Waals surface area contributed by atoms with Gasteiger partial charge in [0.15, 0.2) is 0 Å². The fourth-order valence-electron chi connectivity index (χ4n) is 1.49. The maximum atomic E-state index is 11.9. The van der Waals surface area contributed by atoms with Crippen LogP contribution in [0.5, 0.6) is 5.75 Å². The molecule has 0 radical (unpaired) electrons. The van der Waals surface area contributed by atoms with Crippen LogP contribution >= 0.6 is 11.6 Å². The van der Waals surface area contributed by atoms with Crippen LogP contribution in [-0.4, -0.2) is 5.97 Å². The van der Waals surface area contributed by atoms with Crippen molar-refractivity contribution in [3.63, 3.8) is 0 Å². The third kappa shape index (κ3) is 2.90. The second kappa shape index (κ2) is 5.23. The third-order valence-electron chi connectivity index (χ3n) is 2.64. The van der Waals surface area contributed by atoms with Gasteiger partial charge in [0.2, 0.25) is 0 Å². The van der Waals surface area contributed by atoms with Crippen LogP contribution in [0.3, 0.4) is 0 Å². The monoisotopic (exact) mass is 260 g/mol. The molecule has 18 heavy (non-hydrogen) atoms. The molecule has 0 aliphatic carbocycles. The van der Waals surface area contributed by atoms with Gasteiger partial charge in [-0.25, -0.2) is 4.79 Å². The first-order valence-electron chi connectivity index (χ1n) is 5.61. The number of halogens is 1. The van der Waals surface area contributed by atoms with E-state index in [0.717, 1.165) is 11.1 Å². The van der Waals surface area contributed by atoms with E-state index in [2.05, 4.69) is 0 Å². The molecule has 2 rings (SSSR count). The van der Waals surface area contributed by atoms with Crippen molar-refractivity contribution < 1.29 is 9.53 Å². The van der Waals surface area contributed by atoms with E-state index in [1.165, 1.54) is 0 Å². The highest BCUT2D eigenvalue weighted by Crippen LogP contribution is 2.22. The standard InChI is InChI=1S/C15H13ClO2/c1-10-3-6-12(7-4-10)15(17)18-13-8-5-11(2)14(16)9-13/h3-9H,1-2H3. The molecule has 0 amide bonds. The molecular formula is C15H13ClO2. The maximum absolute atomic E-state index is 11.9. The molecule has 0 atom stereocenters. The second-order valence-electron chi connectivity index (χ2n) is 4.17. The number of esters is 1. The molecule has 0 bridgehead atoms. The number of benzene rings is 2. The van der Waals surface area contributed by atoms with Gasteiger partial charge in [0.05, 0.1) is 5.56 Å². The molecule has 2 aromatic carbocycles. The minimum Gasteiger partial charge on any atom is -0.423 e. The highest BCUT2D eigenvalue weighted by molar-refractivity contribution is 6.31. The SMILES string of the molecule is Cc1ccc(C(=O)Oc2ccc(C)c(Cl)c2)cc1.